The Hall–Kier alpha value is -2.92. The lowest BCUT2D eigenvalue weighted by molar-refractivity contribution is 0.0697. The second-order valence-electron chi connectivity index (χ2n) is 7.45. The van der Waals surface area contributed by atoms with Crippen LogP contribution in [0.2, 0.25) is 5.02 Å². The monoisotopic (exact) mass is 406 g/mol. The van der Waals surface area contributed by atoms with E-state index in [1.54, 1.807) is 6.20 Å². The molecule has 0 atom stereocenters. The zero-order valence-electron chi connectivity index (χ0n) is 16.3. The van der Waals surface area contributed by atoms with Gasteiger partial charge in [-0.2, -0.15) is 0 Å². The summed E-state index contributed by atoms with van der Waals surface area (Å²) < 4.78 is 0. The Bertz CT molecular complexity index is 981. The number of likely N-dealkylation sites (tertiary alicyclic amines) is 1. The number of carbonyl (C=O) groups is 1. The van der Waals surface area contributed by atoms with Gasteiger partial charge in [-0.3, -0.25) is 4.79 Å². The molecule has 148 valence electrons. The summed E-state index contributed by atoms with van der Waals surface area (Å²) in [4.78, 5) is 23.5. The fourth-order valence-corrected chi connectivity index (χ4v) is 3.55. The van der Waals surface area contributed by atoms with Crippen molar-refractivity contribution in [1.29, 1.82) is 0 Å². The Balaban J connectivity index is 1.44. The lowest BCUT2D eigenvalue weighted by Crippen LogP contribution is -2.37. The molecule has 0 spiro atoms. The van der Waals surface area contributed by atoms with E-state index in [-0.39, 0.29) is 5.91 Å². The highest BCUT2D eigenvalue weighted by Gasteiger charge is 2.21. The summed E-state index contributed by atoms with van der Waals surface area (Å²) in [5.41, 5.74) is 3.32. The number of aromatic nitrogens is 2. The second kappa shape index (κ2) is 8.62. The first-order valence-electron chi connectivity index (χ1n) is 9.84. The van der Waals surface area contributed by atoms with Crippen molar-refractivity contribution in [2.24, 2.45) is 5.92 Å². The van der Waals surface area contributed by atoms with E-state index >= 15 is 0 Å². The van der Waals surface area contributed by atoms with Crippen LogP contribution in [0.15, 0.2) is 60.8 Å². The number of hydrogen-bond acceptors (Lipinski definition) is 4. The lowest BCUT2D eigenvalue weighted by atomic mass is 9.98. The van der Waals surface area contributed by atoms with Gasteiger partial charge in [-0.05, 0) is 61.2 Å². The topological polar surface area (TPSA) is 58.1 Å². The number of anilines is 2. The van der Waals surface area contributed by atoms with E-state index in [2.05, 4.69) is 22.2 Å². The largest absolute Gasteiger partial charge is 0.339 e. The van der Waals surface area contributed by atoms with Gasteiger partial charge in [0.1, 0.15) is 0 Å². The Kier molecular flexibility index (Phi) is 5.76. The summed E-state index contributed by atoms with van der Waals surface area (Å²) in [7, 11) is 0. The summed E-state index contributed by atoms with van der Waals surface area (Å²) in [6.45, 7) is 3.92. The molecule has 1 fully saturated rings. The zero-order valence-corrected chi connectivity index (χ0v) is 17.1. The summed E-state index contributed by atoms with van der Waals surface area (Å²) in [6, 6.07) is 16.9. The van der Waals surface area contributed by atoms with Gasteiger partial charge in [0, 0.05) is 41.1 Å². The van der Waals surface area contributed by atoms with Crippen LogP contribution in [-0.2, 0) is 0 Å². The van der Waals surface area contributed by atoms with Crippen LogP contribution in [-0.4, -0.2) is 33.9 Å². The Morgan fingerprint density at radius 3 is 2.41 bits per heavy atom. The molecular formula is C23H23ClN4O. The fourth-order valence-electron chi connectivity index (χ4n) is 3.42. The van der Waals surface area contributed by atoms with Gasteiger partial charge in [0.2, 0.25) is 5.95 Å². The number of rotatable bonds is 4. The minimum Gasteiger partial charge on any atom is -0.339 e. The number of carbonyl (C=O) groups excluding carboxylic acids is 1. The van der Waals surface area contributed by atoms with Crippen molar-refractivity contribution in [2.75, 3.05) is 18.4 Å². The first kappa shape index (κ1) is 19.4. The number of nitrogens with one attached hydrogen (secondary N) is 1. The minimum atomic E-state index is 0.101. The Morgan fingerprint density at radius 2 is 1.72 bits per heavy atom. The molecule has 0 aliphatic carbocycles. The highest BCUT2D eigenvalue weighted by atomic mass is 35.5. The zero-order chi connectivity index (χ0) is 20.2. The van der Waals surface area contributed by atoms with Crippen molar-refractivity contribution in [3.8, 4) is 11.3 Å². The quantitative estimate of drug-likeness (QED) is 0.629. The second-order valence-corrected chi connectivity index (χ2v) is 7.89. The van der Waals surface area contributed by atoms with E-state index in [0.29, 0.717) is 22.5 Å². The van der Waals surface area contributed by atoms with Crippen molar-refractivity contribution in [1.82, 2.24) is 14.9 Å². The van der Waals surface area contributed by atoms with E-state index < -0.39 is 0 Å². The van der Waals surface area contributed by atoms with Crippen molar-refractivity contribution in [3.05, 3.63) is 71.4 Å². The van der Waals surface area contributed by atoms with Crippen molar-refractivity contribution in [3.63, 3.8) is 0 Å². The number of amides is 1. The molecule has 1 aromatic heterocycles. The van der Waals surface area contributed by atoms with Gasteiger partial charge < -0.3 is 10.2 Å². The van der Waals surface area contributed by atoms with Crippen LogP contribution < -0.4 is 5.32 Å². The summed E-state index contributed by atoms with van der Waals surface area (Å²) in [5, 5.41) is 3.89. The molecule has 5 nitrogen and oxygen atoms in total. The maximum absolute atomic E-state index is 12.7. The van der Waals surface area contributed by atoms with Gasteiger partial charge in [0.15, 0.2) is 0 Å². The number of benzene rings is 2. The third-order valence-electron chi connectivity index (χ3n) is 5.25. The maximum atomic E-state index is 12.7. The van der Waals surface area contributed by atoms with E-state index in [9.17, 15) is 4.79 Å². The first-order valence-corrected chi connectivity index (χ1v) is 10.2. The van der Waals surface area contributed by atoms with E-state index in [4.69, 9.17) is 11.6 Å². The average Bonchev–Trinajstić information content (AvgIpc) is 2.75. The van der Waals surface area contributed by atoms with Gasteiger partial charge >= 0.3 is 0 Å². The molecule has 1 aliphatic heterocycles. The maximum Gasteiger partial charge on any atom is 0.253 e. The van der Waals surface area contributed by atoms with Crippen LogP contribution in [0.25, 0.3) is 11.3 Å². The van der Waals surface area contributed by atoms with Crippen molar-refractivity contribution < 1.29 is 4.79 Å². The number of piperidine rings is 1. The first-order chi connectivity index (χ1) is 14.1. The normalized spacial score (nSPS) is 14.6. The standard InChI is InChI=1S/C23H23ClN4O/c1-16-11-14-28(15-12-16)22(29)18-4-8-20(9-5-18)26-23-25-13-10-21(27-23)17-2-6-19(24)7-3-17/h2-10,13,16H,11-12,14-15H2,1H3,(H,25,26,27). The molecule has 3 aromatic rings. The predicted octanol–water partition coefficient (Wildman–Crippen LogP) is 5.41. The van der Waals surface area contributed by atoms with Crippen LogP contribution in [0.1, 0.15) is 30.1 Å². The molecule has 6 heteroatoms. The molecule has 0 radical (unpaired) electrons. The molecule has 0 unspecified atom stereocenters. The average molecular weight is 407 g/mol. The van der Waals surface area contributed by atoms with E-state index in [1.807, 2.05) is 59.5 Å². The van der Waals surface area contributed by atoms with Crippen LogP contribution in [0.5, 0.6) is 0 Å². The van der Waals surface area contributed by atoms with Crippen LogP contribution >= 0.6 is 11.6 Å². The third kappa shape index (κ3) is 4.74. The van der Waals surface area contributed by atoms with Gasteiger partial charge in [0.25, 0.3) is 5.91 Å². The molecule has 0 saturated carbocycles. The van der Waals surface area contributed by atoms with Gasteiger partial charge in [-0.25, -0.2) is 9.97 Å². The van der Waals surface area contributed by atoms with Gasteiger partial charge in [-0.15, -0.1) is 0 Å². The molecule has 2 heterocycles. The minimum absolute atomic E-state index is 0.101. The number of nitrogens with zero attached hydrogens (tertiary/aromatic N) is 3. The van der Waals surface area contributed by atoms with Crippen molar-refractivity contribution in [2.45, 2.75) is 19.8 Å². The predicted molar refractivity (Wildman–Crippen MR) is 117 cm³/mol. The lowest BCUT2D eigenvalue weighted by Gasteiger charge is -2.30. The van der Waals surface area contributed by atoms with Crippen molar-refractivity contribution >= 4 is 29.1 Å². The number of hydrogen-bond donors (Lipinski definition) is 1. The highest BCUT2D eigenvalue weighted by Crippen LogP contribution is 2.22. The van der Waals surface area contributed by atoms with Crippen LogP contribution in [0.3, 0.4) is 0 Å². The Morgan fingerprint density at radius 1 is 1.03 bits per heavy atom. The third-order valence-corrected chi connectivity index (χ3v) is 5.51. The summed E-state index contributed by atoms with van der Waals surface area (Å²) in [6.07, 6.45) is 3.87. The SMILES string of the molecule is CC1CCN(C(=O)c2ccc(Nc3nccc(-c4ccc(Cl)cc4)n3)cc2)CC1. The Labute approximate surface area is 175 Å². The van der Waals surface area contributed by atoms with Gasteiger partial charge in [0.05, 0.1) is 5.69 Å². The van der Waals surface area contributed by atoms with Crippen LogP contribution in [0, 0.1) is 5.92 Å². The molecule has 1 amide bonds. The molecule has 1 saturated heterocycles. The molecular weight excluding hydrogens is 384 g/mol. The molecule has 1 N–H and O–H groups in total. The highest BCUT2D eigenvalue weighted by molar-refractivity contribution is 6.30. The molecule has 2 aromatic carbocycles. The van der Waals surface area contributed by atoms with E-state index in [1.165, 1.54) is 0 Å². The van der Waals surface area contributed by atoms with Crippen LogP contribution in [0.4, 0.5) is 11.6 Å². The molecule has 29 heavy (non-hydrogen) atoms. The van der Waals surface area contributed by atoms with Gasteiger partial charge in [-0.1, -0.05) is 30.7 Å². The van der Waals surface area contributed by atoms with E-state index in [0.717, 1.165) is 42.9 Å². The molecule has 0 bridgehead atoms. The molecule has 4 rings (SSSR count). The number of halogens is 1. The smallest absolute Gasteiger partial charge is 0.253 e. The molecule has 1 aliphatic rings. The summed E-state index contributed by atoms with van der Waals surface area (Å²) >= 11 is 5.96. The summed E-state index contributed by atoms with van der Waals surface area (Å²) in [5.74, 6) is 1.31. The fraction of sp³-hybridized carbons (Fsp3) is 0.261.